The number of para-hydroxylation sites is 1. The summed E-state index contributed by atoms with van der Waals surface area (Å²) < 4.78 is 12.4. The third-order valence-electron chi connectivity index (χ3n) is 1.05. The number of nitrogens with zero attached hydrogens (tertiary/aromatic N) is 1. The first-order valence-corrected chi connectivity index (χ1v) is 2.61. The highest BCUT2D eigenvalue weighted by molar-refractivity contribution is 5.30. The van der Waals surface area contributed by atoms with Crippen LogP contribution in [0.15, 0.2) is 24.3 Å². The van der Waals surface area contributed by atoms with Gasteiger partial charge < -0.3 is 0 Å². The summed E-state index contributed by atoms with van der Waals surface area (Å²) in [5, 5.41) is 9.99. The SMILES string of the molecule is F.F.F.O=[N+]([O-])c1ccccc1F. The Kier molecular flexibility index (Phi) is 9.41. The normalized spacial score (nSPS) is 7.15. The summed E-state index contributed by atoms with van der Waals surface area (Å²) in [6.45, 7) is 0. The largest absolute Gasteiger partial charge is 0.304 e. The molecule has 0 fully saturated rings. The van der Waals surface area contributed by atoms with E-state index in [1.165, 1.54) is 12.1 Å². The summed E-state index contributed by atoms with van der Waals surface area (Å²) in [6.07, 6.45) is 0. The first kappa shape index (κ1) is 17.4. The number of nitro benzene ring substituents is 1. The molecule has 1 aromatic rings. The lowest BCUT2D eigenvalue weighted by molar-refractivity contribution is -0.387. The zero-order chi connectivity index (χ0) is 7.56. The smallest absolute Gasteiger partial charge is 0.269 e. The Morgan fingerprint density at radius 2 is 1.62 bits per heavy atom. The lowest BCUT2D eigenvalue weighted by Gasteiger charge is -1.89. The molecule has 0 aliphatic heterocycles. The maximum atomic E-state index is 12.4. The minimum absolute atomic E-state index is 0. The van der Waals surface area contributed by atoms with Crippen LogP contribution in [-0.2, 0) is 0 Å². The van der Waals surface area contributed by atoms with Crippen LogP contribution < -0.4 is 0 Å². The molecule has 0 saturated heterocycles. The Morgan fingerprint density at radius 1 is 1.15 bits per heavy atom. The van der Waals surface area contributed by atoms with Crippen LogP contribution in [0.1, 0.15) is 0 Å². The van der Waals surface area contributed by atoms with Crippen LogP contribution in [-0.4, -0.2) is 4.92 Å². The molecule has 0 amide bonds. The molecule has 0 heterocycles. The van der Waals surface area contributed by atoms with Crippen molar-refractivity contribution in [2.75, 3.05) is 0 Å². The molecule has 0 aromatic heterocycles. The van der Waals surface area contributed by atoms with E-state index in [4.69, 9.17) is 0 Å². The molecule has 76 valence electrons. The van der Waals surface area contributed by atoms with Gasteiger partial charge in [-0.1, -0.05) is 12.1 Å². The number of rotatable bonds is 1. The number of nitro groups is 1. The van der Waals surface area contributed by atoms with E-state index >= 15 is 0 Å². The van der Waals surface area contributed by atoms with Crippen molar-refractivity contribution in [2.24, 2.45) is 0 Å². The summed E-state index contributed by atoms with van der Waals surface area (Å²) in [7, 11) is 0. The van der Waals surface area contributed by atoms with Gasteiger partial charge in [-0.15, -0.1) is 0 Å². The van der Waals surface area contributed by atoms with Gasteiger partial charge in [0.05, 0.1) is 4.92 Å². The molecular weight excluding hydrogens is 194 g/mol. The minimum atomic E-state index is -0.799. The van der Waals surface area contributed by atoms with Crippen LogP contribution in [0.2, 0.25) is 0 Å². The highest BCUT2D eigenvalue weighted by atomic mass is 19.1. The fourth-order valence-electron chi connectivity index (χ4n) is 0.600. The van der Waals surface area contributed by atoms with Gasteiger partial charge in [0.2, 0.25) is 5.82 Å². The van der Waals surface area contributed by atoms with Crippen molar-refractivity contribution in [3.63, 3.8) is 0 Å². The molecule has 0 aliphatic rings. The third-order valence-corrected chi connectivity index (χ3v) is 1.05. The highest BCUT2D eigenvalue weighted by Crippen LogP contribution is 2.14. The molecule has 3 nitrogen and oxygen atoms in total. The van der Waals surface area contributed by atoms with Crippen LogP contribution >= 0.6 is 0 Å². The summed E-state index contributed by atoms with van der Waals surface area (Å²) in [6, 6.07) is 5.00. The van der Waals surface area contributed by atoms with E-state index in [9.17, 15) is 14.5 Å². The molecular formula is C6H7F4NO2. The van der Waals surface area contributed by atoms with E-state index in [1.54, 1.807) is 0 Å². The summed E-state index contributed by atoms with van der Waals surface area (Å²) in [4.78, 5) is 9.23. The van der Waals surface area contributed by atoms with Crippen LogP contribution in [0.25, 0.3) is 0 Å². The second-order valence-corrected chi connectivity index (χ2v) is 1.71. The van der Waals surface area contributed by atoms with Gasteiger partial charge >= 0.3 is 5.69 Å². The van der Waals surface area contributed by atoms with Crippen LogP contribution in [0.4, 0.5) is 24.2 Å². The number of benzene rings is 1. The molecule has 0 radical (unpaired) electrons. The summed E-state index contributed by atoms with van der Waals surface area (Å²) in [5.74, 6) is -0.799. The van der Waals surface area contributed by atoms with Gasteiger partial charge in [-0.2, -0.15) is 4.39 Å². The molecule has 0 aliphatic carbocycles. The van der Waals surface area contributed by atoms with E-state index in [-0.39, 0.29) is 14.1 Å². The number of hydrogen-bond acceptors (Lipinski definition) is 2. The van der Waals surface area contributed by atoms with Gasteiger partial charge in [-0.3, -0.25) is 24.2 Å². The molecule has 0 unspecified atom stereocenters. The van der Waals surface area contributed by atoms with Crippen molar-refractivity contribution in [1.29, 1.82) is 0 Å². The van der Waals surface area contributed by atoms with E-state index < -0.39 is 16.4 Å². The van der Waals surface area contributed by atoms with E-state index in [0.29, 0.717) is 0 Å². The zero-order valence-electron chi connectivity index (χ0n) is 6.18. The van der Waals surface area contributed by atoms with Crippen molar-refractivity contribution in [1.82, 2.24) is 0 Å². The molecule has 1 rings (SSSR count). The van der Waals surface area contributed by atoms with Gasteiger partial charge in [-0.25, -0.2) is 0 Å². The molecule has 0 saturated carbocycles. The lowest BCUT2D eigenvalue weighted by atomic mass is 10.3. The summed E-state index contributed by atoms with van der Waals surface area (Å²) in [5.41, 5.74) is -0.484. The van der Waals surface area contributed by atoms with Gasteiger partial charge in [0.25, 0.3) is 0 Å². The first-order valence-electron chi connectivity index (χ1n) is 2.61. The van der Waals surface area contributed by atoms with Gasteiger partial charge in [-0.05, 0) is 6.07 Å². The molecule has 13 heavy (non-hydrogen) atoms. The van der Waals surface area contributed by atoms with Gasteiger partial charge in [0.1, 0.15) is 0 Å². The predicted octanol–water partition coefficient (Wildman–Crippen LogP) is 2.19. The number of hydrogen-bond donors (Lipinski definition) is 0. The molecule has 0 N–H and O–H groups in total. The quantitative estimate of drug-likeness (QED) is 0.397. The molecule has 1 aromatic carbocycles. The Balaban J connectivity index is -0.000000333. The average Bonchev–Trinajstić information content (AvgIpc) is 1.88. The Hall–Kier alpha value is -1.66. The monoisotopic (exact) mass is 201 g/mol. The minimum Gasteiger partial charge on any atom is -0.269 e. The van der Waals surface area contributed by atoms with Crippen LogP contribution in [0.3, 0.4) is 0 Å². The second-order valence-electron chi connectivity index (χ2n) is 1.71. The molecule has 0 spiro atoms. The predicted molar refractivity (Wildman–Crippen MR) is 40.6 cm³/mol. The first-order chi connectivity index (χ1) is 4.72. The maximum Gasteiger partial charge on any atom is 0.304 e. The number of halogens is 4. The van der Waals surface area contributed by atoms with Gasteiger partial charge in [0, 0.05) is 6.07 Å². The van der Waals surface area contributed by atoms with E-state index in [1.807, 2.05) is 0 Å². The lowest BCUT2D eigenvalue weighted by Crippen LogP contribution is -1.90. The Morgan fingerprint density at radius 3 is 1.92 bits per heavy atom. The third kappa shape index (κ3) is 4.04. The van der Waals surface area contributed by atoms with E-state index in [2.05, 4.69) is 0 Å². The van der Waals surface area contributed by atoms with Gasteiger partial charge in [0.15, 0.2) is 0 Å². The maximum absolute atomic E-state index is 12.4. The van der Waals surface area contributed by atoms with Crippen molar-refractivity contribution >= 4 is 5.69 Å². The second kappa shape index (κ2) is 7.01. The van der Waals surface area contributed by atoms with E-state index in [0.717, 1.165) is 12.1 Å². The van der Waals surface area contributed by atoms with Crippen LogP contribution in [0, 0.1) is 15.9 Å². The standard InChI is InChI=1S/C6H4FNO2.3FH/c7-5-3-1-2-4-6(5)8(9)10;;;/h1-4H;3*1H. The zero-order valence-corrected chi connectivity index (χ0v) is 6.18. The van der Waals surface area contributed by atoms with Crippen molar-refractivity contribution in [3.8, 4) is 0 Å². The van der Waals surface area contributed by atoms with Crippen molar-refractivity contribution in [2.45, 2.75) is 0 Å². The molecule has 0 atom stereocenters. The van der Waals surface area contributed by atoms with Crippen molar-refractivity contribution in [3.05, 3.63) is 40.2 Å². The highest BCUT2D eigenvalue weighted by Gasteiger charge is 2.09. The van der Waals surface area contributed by atoms with Crippen molar-refractivity contribution < 1.29 is 23.4 Å². The molecule has 7 heteroatoms. The average molecular weight is 201 g/mol. The Labute approximate surface area is 70.4 Å². The van der Waals surface area contributed by atoms with Crippen LogP contribution in [0.5, 0.6) is 0 Å². The fourth-order valence-corrected chi connectivity index (χ4v) is 0.600. The molecule has 0 bridgehead atoms. The fraction of sp³-hybridized carbons (Fsp3) is 0. The topological polar surface area (TPSA) is 43.1 Å². The summed E-state index contributed by atoms with van der Waals surface area (Å²) >= 11 is 0. The Bertz CT molecular complexity index is 269.